The SMILES string of the molecule is CCNc1nc(N)c2c(N)nc3c(c2c1C#N)CC(CC)O3. The Morgan fingerprint density at radius 1 is 1.27 bits per heavy atom. The van der Waals surface area contributed by atoms with Gasteiger partial charge in [-0.05, 0) is 13.3 Å². The average molecular weight is 298 g/mol. The number of nitrogens with zero attached hydrogens (tertiary/aromatic N) is 3. The van der Waals surface area contributed by atoms with Crippen molar-refractivity contribution in [3.8, 4) is 11.9 Å². The lowest BCUT2D eigenvalue weighted by molar-refractivity contribution is 0.221. The molecule has 0 aliphatic carbocycles. The Kier molecular flexibility index (Phi) is 3.37. The quantitative estimate of drug-likeness (QED) is 0.789. The lowest BCUT2D eigenvalue weighted by Crippen LogP contribution is -2.10. The van der Waals surface area contributed by atoms with Crippen LogP contribution in [0.25, 0.3) is 10.8 Å². The van der Waals surface area contributed by atoms with E-state index < -0.39 is 0 Å². The molecule has 7 heteroatoms. The molecule has 3 rings (SSSR count). The highest BCUT2D eigenvalue weighted by Crippen LogP contribution is 2.41. The first-order valence-corrected chi connectivity index (χ1v) is 7.32. The molecule has 1 unspecified atom stereocenters. The number of ether oxygens (including phenoxy) is 1. The Labute approximate surface area is 128 Å². The van der Waals surface area contributed by atoms with Crippen LogP contribution in [0, 0.1) is 11.3 Å². The van der Waals surface area contributed by atoms with E-state index in [1.807, 2.05) is 13.8 Å². The summed E-state index contributed by atoms with van der Waals surface area (Å²) in [6, 6.07) is 2.22. The second-order valence-electron chi connectivity index (χ2n) is 5.25. The molecule has 22 heavy (non-hydrogen) atoms. The fourth-order valence-corrected chi connectivity index (χ4v) is 2.85. The maximum absolute atomic E-state index is 9.61. The second-order valence-corrected chi connectivity index (χ2v) is 5.25. The maximum atomic E-state index is 9.61. The van der Waals surface area contributed by atoms with Crippen molar-refractivity contribution in [3.05, 3.63) is 11.1 Å². The maximum Gasteiger partial charge on any atom is 0.219 e. The summed E-state index contributed by atoms with van der Waals surface area (Å²) in [5.41, 5.74) is 13.4. The van der Waals surface area contributed by atoms with Crippen molar-refractivity contribution >= 4 is 28.2 Å². The predicted molar refractivity (Wildman–Crippen MR) is 85.7 cm³/mol. The van der Waals surface area contributed by atoms with Crippen molar-refractivity contribution in [1.82, 2.24) is 9.97 Å². The van der Waals surface area contributed by atoms with E-state index in [1.54, 1.807) is 0 Å². The highest BCUT2D eigenvalue weighted by atomic mass is 16.5. The van der Waals surface area contributed by atoms with Gasteiger partial charge in [0.2, 0.25) is 5.88 Å². The van der Waals surface area contributed by atoms with Crippen molar-refractivity contribution < 1.29 is 4.74 Å². The smallest absolute Gasteiger partial charge is 0.219 e. The van der Waals surface area contributed by atoms with Crippen molar-refractivity contribution in [1.29, 1.82) is 5.26 Å². The number of pyridine rings is 2. The van der Waals surface area contributed by atoms with Crippen LogP contribution >= 0.6 is 0 Å². The van der Waals surface area contributed by atoms with E-state index in [-0.39, 0.29) is 17.7 Å². The van der Waals surface area contributed by atoms with Crippen LogP contribution in [0.3, 0.4) is 0 Å². The standard InChI is InChI=1S/C15H18N6O/c1-3-7-5-8-10-9(6-16)14(19-4-2)20-12(17)11(10)13(18)21-15(8)22-7/h7H,3-5H2,1-2H3,(H2,18,21)(H3,17,19,20). The van der Waals surface area contributed by atoms with Crippen LogP contribution in [-0.4, -0.2) is 22.6 Å². The van der Waals surface area contributed by atoms with Crippen LogP contribution in [0.15, 0.2) is 0 Å². The Morgan fingerprint density at radius 3 is 2.64 bits per heavy atom. The molecule has 5 N–H and O–H groups in total. The Balaban J connectivity index is 2.39. The van der Waals surface area contributed by atoms with Gasteiger partial charge in [-0.2, -0.15) is 10.2 Å². The average Bonchev–Trinajstić information content (AvgIpc) is 2.90. The number of fused-ring (bicyclic) bond motifs is 3. The van der Waals surface area contributed by atoms with Gasteiger partial charge in [0.15, 0.2) is 0 Å². The van der Waals surface area contributed by atoms with Crippen molar-refractivity contribution in [2.75, 3.05) is 23.3 Å². The van der Waals surface area contributed by atoms with Crippen LogP contribution in [-0.2, 0) is 6.42 Å². The fourth-order valence-electron chi connectivity index (χ4n) is 2.85. The second kappa shape index (κ2) is 5.22. The van der Waals surface area contributed by atoms with Crippen molar-refractivity contribution in [2.45, 2.75) is 32.8 Å². The van der Waals surface area contributed by atoms with Gasteiger partial charge in [0, 0.05) is 23.9 Å². The number of nitrogen functional groups attached to an aromatic ring is 2. The third kappa shape index (κ3) is 1.96. The number of hydrogen-bond donors (Lipinski definition) is 3. The zero-order valence-corrected chi connectivity index (χ0v) is 12.6. The van der Waals surface area contributed by atoms with Gasteiger partial charge in [-0.3, -0.25) is 0 Å². The molecule has 0 saturated heterocycles. The predicted octanol–water partition coefficient (Wildman–Crippen LogP) is 1.81. The molecule has 0 bridgehead atoms. The number of nitrogens with one attached hydrogen (secondary N) is 1. The summed E-state index contributed by atoms with van der Waals surface area (Å²) >= 11 is 0. The van der Waals surface area contributed by atoms with Gasteiger partial charge in [0.05, 0.1) is 5.39 Å². The van der Waals surface area contributed by atoms with Gasteiger partial charge in [0.1, 0.15) is 35.2 Å². The highest BCUT2D eigenvalue weighted by Gasteiger charge is 2.29. The highest BCUT2D eigenvalue weighted by molar-refractivity contribution is 6.06. The monoisotopic (exact) mass is 298 g/mol. The van der Waals surface area contributed by atoms with Crippen molar-refractivity contribution in [2.24, 2.45) is 0 Å². The third-order valence-electron chi connectivity index (χ3n) is 3.88. The summed E-state index contributed by atoms with van der Waals surface area (Å²) in [5.74, 6) is 1.50. The molecular formula is C15H18N6O. The molecule has 2 aromatic rings. The normalized spacial score (nSPS) is 16.1. The molecule has 0 aromatic carbocycles. The summed E-state index contributed by atoms with van der Waals surface area (Å²) in [7, 11) is 0. The number of hydrogen-bond acceptors (Lipinski definition) is 7. The van der Waals surface area contributed by atoms with Gasteiger partial charge < -0.3 is 21.5 Å². The van der Waals surface area contributed by atoms with Gasteiger partial charge in [-0.1, -0.05) is 6.92 Å². The van der Waals surface area contributed by atoms with E-state index in [4.69, 9.17) is 16.2 Å². The van der Waals surface area contributed by atoms with Gasteiger partial charge in [0.25, 0.3) is 0 Å². The summed E-state index contributed by atoms with van der Waals surface area (Å²) in [6.45, 7) is 4.63. The first-order chi connectivity index (χ1) is 10.6. The number of nitrogens with two attached hydrogens (primary N) is 2. The summed E-state index contributed by atoms with van der Waals surface area (Å²) in [5, 5.41) is 13.9. The molecule has 3 heterocycles. The van der Waals surface area contributed by atoms with E-state index >= 15 is 0 Å². The zero-order chi connectivity index (χ0) is 15.9. The minimum Gasteiger partial charge on any atom is -0.474 e. The Bertz CT molecular complexity index is 795. The molecule has 114 valence electrons. The summed E-state index contributed by atoms with van der Waals surface area (Å²) < 4.78 is 5.80. The van der Waals surface area contributed by atoms with Gasteiger partial charge in [-0.25, -0.2) is 4.98 Å². The molecule has 2 aromatic heterocycles. The third-order valence-corrected chi connectivity index (χ3v) is 3.88. The number of aromatic nitrogens is 2. The molecule has 0 fully saturated rings. The minimum absolute atomic E-state index is 0.0519. The molecule has 1 aliphatic heterocycles. The lowest BCUT2D eigenvalue weighted by atomic mass is 9.99. The molecule has 1 atom stereocenters. The molecule has 0 amide bonds. The number of rotatable bonds is 3. The van der Waals surface area contributed by atoms with Crippen LogP contribution < -0.4 is 21.5 Å². The zero-order valence-electron chi connectivity index (χ0n) is 12.6. The largest absolute Gasteiger partial charge is 0.474 e. The van der Waals surface area contributed by atoms with Crippen LogP contribution in [0.4, 0.5) is 17.5 Å². The molecule has 1 aliphatic rings. The minimum atomic E-state index is 0.0519. The van der Waals surface area contributed by atoms with Crippen LogP contribution in [0.1, 0.15) is 31.4 Å². The summed E-state index contributed by atoms with van der Waals surface area (Å²) in [4.78, 5) is 8.57. The Hall–Kier alpha value is -2.75. The van der Waals surface area contributed by atoms with E-state index in [1.165, 1.54) is 0 Å². The lowest BCUT2D eigenvalue weighted by Gasteiger charge is -2.13. The molecule has 0 radical (unpaired) electrons. The molecule has 0 saturated carbocycles. The van der Waals surface area contributed by atoms with E-state index in [0.717, 1.165) is 12.0 Å². The number of nitriles is 1. The fraction of sp³-hybridized carbons (Fsp3) is 0.400. The Morgan fingerprint density at radius 2 is 2.00 bits per heavy atom. The van der Waals surface area contributed by atoms with E-state index in [2.05, 4.69) is 21.4 Å². The van der Waals surface area contributed by atoms with Gasteiger partial charge >= 0.3 is 0 Å². The topological polar surface area (TPSA) is 123 Å². The van der Waals surface area contributed by atoms with E-state index in [0.29, 0.717) is 41.0 Å². The molecule has 0 spiro atoms. The van der Waals surface area contributed by atoms with Gasteiger partial charge in [-0.15, -0.1) is 0 Å². The van der Waals surface area contributed by atoms with Crippen molar-refractivity contribution in [3.63, 3.8) is 0 Å². The molecular weight excluding hydrogens is 280 g/mol. The van der Waals surface area contributed by atoms with Crippen LogP contribution in [0.2, 0.25) is 0 Å². The molecule has 7 nitrogen and oxygen atoms in total. The van der Waals surface area contributed by atoms with E-state index in [9.17, 15) is 5.26 Å². The van der Waals surface area contributed by atoms with Crippen LogP contribution in [0.5, 0.6) is 5.88 Å². The number of anilines is 3. The first kappa shape index (κ1) is 14.2. The first-order valence-electron chi connectivity index (χ1n) is 7.32. The summed E-state index contributed by atoms with van der Waals surface area (Å²) in [6.07, 6.45) is 1.61.